The highest BCUT2D eigenvalue weighted by atomic mass is 19.1. The topological polar surface area (TPSA) is 102 Å². The molecule has 9 heteroatoms. The van der Waals surface area contributed by atoms with Crippen molar-refractivity contribution in [2.45, 2.75) is 19.4 Å². The average Bonchev–Trinajstić information content (AvgIpc) is 2.62. The van der Waals surface area contributed by atoms with Crippen LogP contribution in [0.5, 0.6) is 0 Å². The number of hydrogen-bond donors (Lipinski definition) is 1. The number of rotatable bonds is 4. The van der Waals surface area contributed by atoms with Gasteiger partial charge in [0, 0.05) is 24.8 Å². The number of nitrogens with zero attached hydrogens (tertiary/aromatic N) is 3. The molecule has 1 unspecified atom stereocenters. The summed E-state index contributed by atoms with van der Waals surface area (Å²) in [7, 11) is 0. The Morgan fingerprint density at radius 2 is 2.11 bits per heavy atom. The van der Waals surface area contributed by atoms with Crippen LogP contribution in [0.15, 0.2) is 35.1 Å². The summed E-state index contributed by atoms with van der Waals surface area (Å²) in [6.07, 6.45) is -0.899. The lowest BCUT2D eigenvalue weighted by molar-refractivity contribution is -0.141. The van der Waals surface area contributed by atoms with Crippen LogP contribution in [-0.4, -0.2) is 57.5 Å². The second-order valence-electron chi connectivity index (χ2n) is 6.20. The van der Waals surface area contributed by atoms with Crippen LogP contribution in [0, 0.1) is 12.7 Å². The molecular formula is C18H18FN3O5. The fraction of sp³-hybridized carbons (Fsp3) is 0.333. The molecule has 1 aromatic heterocycles. The van der Waals surface area contributed by atoms with Crippen molar-refractivity contribution in [1.82, 2.24) is 14.7 Å². The molecule has 0 aliphatic carbocycles. The highest BCUT2D eigenvalue weighted by Crippen LogP contribution is 2.15. The molecule has 3 rings (SSSR count). The average molecular weight is 375 g/mol. The molecule has 1 aliphatic heterocycles. The number of para-hydroxylation sites is 1. The Morgan fingerprint density at radius 3 is 2.81 bits per heavy atom. The first kappa shape index (κ1) is 18.7. The minimum atomic E-state index is -1.04. The van der Waals surface area contributed by atoms with E-state index in [0.717, 1.165) is 0 Å². The lowest BCUT2D eigenvalue weighted by Crippen LogP contribution is -2.47. The third-order valence-electron chi connectivity index (χ3n) is 4.22. The zero-order valence-corrected chi connectivity index (χ0v) is 14.6. The summed E-state index contributed by atoms with van der Waals surface area (Å²) in [6.45, 7) is 2.01. The van der Waals surface area contributed by atoms with Gasteiger partial charge in [0.15, 0.2) is 5.69 Å². The summed E-state index contributed by atoms with van der Waals surface area (Å²) in [5, 5.41) is 13.0. The number of hydrogen-bond acceptors (Lipinski definition) is 5. The van der Waals surface area contributed by atoms with E-state index >= 15 is 0 Å². The number of morpholine rings is 1. The van der Waals surface area contributed by atoms with Gasteiger partial charge in [-0.1, -0.05) is 12.1 Å². The molecule has 1 fully saturated rings. The van der Waals surface area contributed by atoms with Crippen molar-refractivity contribution in [3.8, 4) is 5.69 Å². The van der Waals surface area contributed by atoms with Crippen LogP contribution in [0.2, 0.25) is 0 Å². The molecule has 142 valence electrons. The Kier molecular flexibility index (Phi) is 5.31. The van der Waals surface area contributed by atoms with Gasteiger partial charge in [0.1, 0.15) is 11.5 Å². The Hall–Kier alpha value is -3.07. The van der Waals surface area contributed by atoms with E-state index < -0.39 is 29.2 Å². The van der Waals surface area contributed by atoms with Gasteiger partial charge in [-0.15, -0.1) is 0 Å². The summed E-state index contributed by atoms with van der Waals surface area (Å²) >= 11 is 0. The van der Waals surface area contributed by atoms with Gasteiger partial charge < -0.3 is 14.7 Å². The van der Waals surface area contributed by atoms with Crippen molar-refractivity contribution in [3.05, 3.63) is 57.8 Å². The lowest BCUT2D eigenvalue weighted by Gasteiger charge is -2.32. The largest absolute Gasteiger partial charge is 0.481 e. The van der Waals surface area contributed by atoms with Crippen LogP contribution in [-0.2, 0) is 9.53 Å². The summed E-state index contributed by atoms with van der Waals surface area (Å²) < 4.78 is 20.7. The highest BCUT2D eigenvalue weighted by molar-refractivity contribution is 5.92. The molecule has 27 heavy (non-hydrogen) atoms. The number of aryl methyl sites for hydroxylation is 1. The minimum absolute atomic E-state index is 0.0415. The van der Waals surface area contributed by atoms with E-state index in [-0.39, 0.29) is 37.5 Å². The van der Waals surface area contributed by atoms with Crippen molar-refractivity contribution in [3.63, 3.8) is 0 Å². The summed E-state index contributed by atoms with van der Waals surface area (Å²) in [6, 6.07) is 7.12. The Labute approximate surface area is 153 Å². The molecule has 0 saturated carbocycles. The van der Waals surface area contributed by atoms with E-state index in [1.54, 1.807) is 13.0 Å². The van der Waals surface area contributed by atoms with E-state index in [2.05, 4.69) is 5.10 Å². The third kappa shape index (κ3) is 4.03. The van der Waals surface area contributed by atoms with E-state index in [1.807, 2.05) is 0 Å². The third-order valence-corrected chi connectivity index (χ3v) is 4.22. The van der Waals surface area contributed by atoms with Crippen molar-refractivity contribution in [2.24, 2.45) is 0 Å². The molecule has 0 radical (unpaired) electrons. The van der Waals surface area contributed by atoms with E-state index in [1.165, 1.54) is 33.8 Å². The van der Waals surface area contributed by atoms with E-state index in [0.29, 0.717) is 5.69 Å². The first-order valence-corrected chi connectivity index (χ1v) is 8.35. The van der Waals surface area contributed by atoms with Gasteiger partial charge in [0.2, 0.25) is 5.43 Å². The van der Waals surface area contributed by atoms with Crippen LogP contribution < -0.4 is 5.43 Å². The fourth-order valence-corrected chi connectivity index (χ4v) is 2.93. The van der Waals surface area contributed by atoms with Crippen molar-refractivity contribution in [1.29, 1.82) is 0 Å². The van der Waals surface area contributed by atoms with Gasteiger partial charge in [-0.3, -0.25) is 14.4 Å². The van der Waals surface area contributed by atoms with Gasteiger partial charge in [0.05, 0.1) is 19.1 Å². The molecule has 2 aromatic rings. The fourth-order valence-electron chi connectivity index (χ4n) is 2.93. The number of aromatic nitrogens is 2. The normalized spacial score (nSPS) is 17.0. The molecule has 0 spiro atoms. The Balaban J connectivity index is 1.93. The smallest absolute Gasteiger partial charge is 0.306 e. The number of carbonyl (C=O) groups is 2. The second kappa shape index (κ2) is 7.67. The number of ether oxygens (including phenoxy) is 1. The number of halogens is 1. The molecule has 1 amide bonds. The SMILES string of the molecule is Cc1cc(=O)c(C(=O)N2CCOC(CC(=O)O)C2)nn1-c1ccccc1F. The molecule has 2 heterocycles. The summed E-state index contributed by atoms with van der Waals surface area (Å²) in [5.41, 5.74) is -0.423. The first-order chi connectivity index (χ1) is 12.9. The predicted molar refractivity (Wildman–Crippen MR) is 92.4 cm³/mol. The van der Waals surface area contributed by atoms with Gasteiger partial charge >= 0.3 is 5.97 Å². The van der Waals surface area contributed by atoms with Gasteiger partial charge in [-0.05, 0) is 19.1 Å². The second-order valence-corrected chi connectivity index (χ2v) is 6.20. The number of benzene rings is 1. The Morgan fingerprint density at radius 1 is 1.37 bits per heavy atom. The number of amides is 1. The van der Waals surface area contributed by atoms with Crippen molar-refractivity contribution >= 4 is 11.9 Å². The van der Waals surface area contributed by atoms with E-state index in [4.69, 9.17) is 9.84 Å². The quantitative estimate of drug-likeness (QED) is 0.855. The van der Waals surface area contributed by atoms with Crippen LogP contribution in [0.4, 0.5) is 4.39 Å². The molecule has 8 nitrogen and oxygen atoms in total. The number of carbonyl (C=O) groups excluding carboxylic acids is 1. The monoisotopic (exact) mass is 375 g/mol. The van der Waals surface area contributed by atoms with Gasteiger partial charge in [-0.25, -0.2) is 9.07 Å². The number of carboxylic acid groups (broad SMARTS) is 1. The zero-order chi connectivity index (χ0) is 19.6. The molecule has 1 saturated heterocycles. The summed E-state index contributed by atoms with van der Waals surface area (Å²) in [5.74, 6) is -2.21. The maximum absolute atomic E-state index is 14.1. The molecular weight excluding hydrogens is 357 g/mol. The molecule has 1 atom stereocenters. The molecule has 1 aromatic carbocycles. The maximum atomic E-state index is 14.1. The number of carboxylic acids is 1. The van der Waals surface area contributed by atoms with Crippen LogP contribution in [0.1, 0.15) is 22.6 Å². The van der Waals surface area contributed by atoms with Crippen molar-refractivity contribution < 1.29 is 23.8 Å². The van der Waals surface area contributed by atoms with Crippen LogP contribution >= 0.6 is 0 Å². The van der Waals surface area contributed by atoms with E-state index in [9.17, 15) is 18.8 Å². The first-order valence-electron chi connectivity index (χ1n) is 8.35. The molecule has 1 N–H and O–H groups in total. The molecule has 0 bridgehead atoms. The van der Waals surface area contributed by atoms with Gasteiger partial charge in [-0.2, -0.15) is 5.10 Å². The zero-order valence-electron chi connectivity index (χ0n) is 14.6. The Bertz CT molecular complexity index is 943. The lowest BCUT2D eigenvalue weighted by atomic mass is 10.2. The highest BCUT2D eigenvalue weighted by Gasteiger charge is 2.29. The number of aliphatic carboxylic acids is 1. The summed E-state index contributed by atoms with van der Waals surface area (Å²) in [4.78, 5) is 37.3. The minimum Gasteiger partial charge on any atom is -0.481 e. The van der Waals surface area contributed by atoms with Gasteiger partial charge in [0.25, 0.3) is 5.91 Å². The standard InChI is InChI=1S/C18H18FN3O5/c1-11-8-15(23)17(20-22(11)14-5-3-2-4-13(14)19)18(26)21-6-7-27-12(10-21)9-16(24)25/h2-5,8,12H,6-7,9-10H2,1H3,(H,24,25). The molecule has 1 aliphatic rings. The maximum Gasteiger partial charge on any atom is 0.306 e. The van der Waals surface area contributed by atoms with Crippen LogP contribution in [0.25, 0.3) is 5.69 Å². The van der Waals surface area contributed by atoms with Crippen LogP contribution in [0.3, 0.4) is 0 Å². The van der Waals surface area contributed by atoms with Crippen molar-refractivity contribution in [2.75, 3.05) is 19.7 Å². The predicted octanol–water partition coefficient (Wildman–Crippen LogP) is 0.996.